The first kappa shape index (κ1) is 25.0. The zero-order chi connectivity index (χ0) is 26.0. The molecule has 0 radical (unpaired) electrons. The molecule has 2 aliphatic rings. The number of nitrogens with zero attached hydrogens (tertiary/aromatic N) is 3. The highest BCUT2D eigenvalue weighted by atomic mass is 16.1. The number of anilines is 3. The first-order chi connectivity index (χ1) is 17.8. The van der Waals surface area contributed by atoms with Crippen LogP contribution >= 0.6 is 0 Å². The van der Waals surface area contributed by atoms with Crippen molar-refractivity contribution in [3.63, 3.8) is 0 Å². The zero-order valence-corrected chi connectivity index (χ0v) is 21.7. The van der Waals surface area contributed by atoms with Crippen LogP contribution in [0.3, 0.4) is 0 Å². The number of pyridine rings is 1. The molecule has 9 nitrogen and oxygen atoms in total. The molecule has 2 fully saturated rings. The van der Waals surface area contributed by atoms with Crippen LogP contribution < -0.4 is 26.4 Å². The molecule has 194 valence electrons. The Morgan fingerprint density at radius 3 is 2.54 bits per heavy atom. The fourth-order valence-corrected chi connectivity index (χ4v) is 4.73. The van der Waals surface area contributed by atoms with Gasteiger partial charge in [-0.15, -0.1) is 0 Å². The van der Waals surface area contributed by atoms with Crippen LogP contribution in [0.2, 0.25) is 0 Å². The first-order valence-electron chi connectivity index (χ1n) is 13.0. The van der Waals surface area contributed by atoms with Gasteiger partial charge in [0, 0.05) is 56.0 Å². The summed E-state index contributed by atoms with van der Waals surface area (Å²) in [7, 11) is 0. The van der Waals surface area contributed by atoms with Crippen molar-refractivity contribution in [1.29, 1.82) is 0 Å². The molecule has 1 amide bonds. The van der Waals surface area contributed by atoms with Crippen LogP contribution in [-0.4, -0.2) is 53.3 Å². The summed E-state index contributed by atoms with van der Waals surface area (Å²) < 4.78 is 0. The number of carbonyl (C=O) groups is 1. The van der Waals surface area contributed by atoms with Crippen LogP contribution in [0.15, 0.2) is 53.5 Å². The number of benzene rings is 1. The highest BCUT2D eigenvalue weighted by Gasteiger charge is 2.24. The lowest BCUT2D eigenvalue weighted by Gasteiger charge is -2.34. The van der Waals surface area contributed by atoms with E-state index in [1.807, 2.05) is 42.6 Å². The molecule has 0 saturated carbocycles. The van der Waals surface area contributed by atoms with Crippen molar-refractivity contribution in [2.75, 3.05) is 36.4 Å². The average Bonchev–Trinajstić information content (AvgIpc) is 2.85. The van der Waals surface area contributed by atoms with Crippen molar-refractivity contribution in [2.45, 2.75) is 51.0 Å². The molecular formula is C28H35N7O2. The minimum Gasteiger partial charge on any atom is -0.353 e. The molecule has 1 aromatic carbocycles. The molecule has 3 aromatic rings. The third kappa shape index (κ3) is 5.83. The number of hydrogen-bond donors (Lipinski definition) is 4. The van der Waals surface area contributed by atoms with E-state index in [1.165, 1.54) is 11.1 Å². The van der Waals surface area contributed by atoms with Gasteiger partial charge in [0.25, 0.3) is 11.5 Å². The molecule has 4 heterocycles. The molecule has 9 heteroatoms. The summed E-state index contributed by atoms with van der Waals surface area (Å²) >= 11 is 0. The fourth-order valence-electron chi connectivity index (χ4n) is 4.73. The second kappa shape index (κ2) is 10.3. The number of aromatic amines is 1. The predicted molar refractivity (Wildman–Crippen MR) is 146 cm³/mol. The van der Waals surface area contributed by atoms with Gasteiger partial charge in [0.15, 0.2) is 5.82 Å². The van der Waals surface area contributed by atoms with E-state index < -0.39 is 0 Å². The minimum atomic E-state index is -0.307. The smallest absolute Gasteiger partial charge is 0.288 e. The Balaban J connectivity index is 1.23. The van der Waals surface area contributed by atoms with Gasteiger partial charge in [-0.25, -0.2) is 10.1 Å². The topological polar surface area (TPSA) is 115 Å². The lowest BCUT2D eigenvalue weighted by Crippen LogP contribution is -2.48. The zero-order valence-electron chi connectivity index (χ0n) is 21.7. The highest BCUT2D eigenvalue weighted by Crippen LogP contribution is 2.24. The number of aromatic nitrogens is 3. The van der Waals surface area contributed by atoms with Gasteiger partial charge in [0.05, 0.1) is 0 Å². The average molecular weight is 502 g/mol. The van der Waals surface area contributed by atoms with Gasteiger partial charge in [-0.2, -0.15) is 5.10 Å². The molecule has 1 atom stereocenters. The summed E-state index contributed by atoms with van der Waals surface area (Å²) in [4.78, 5) is 31.9. The van der Waals surface area contributed by atoms with Gasteiger partial charge < -0.3 is 20.9 Å². The van der Waals surface area contributed by atoms with E-state index in [-0.39, 0.29) is 22.9 Å². The van der Waals surface area contributed by atoms with Crippen molar-refractivity contribution < 1.29 is 4.79 Å². The Kier molecular flexibility index (Phi) is 6.97. The van der Waals surface area contributed by atoms with Crippen LogP contribution in [0.4, 0.5) is 17.3 Å². The Bertz CT molecular complexity index is 1290. The molecule has 5 rings (SSSR count). The van der Waals surface area contributed by atoms with Gasteiger partial charge in [-0.1, -0.05) is 39.0 Å². The largest absolute Gasteiger partial charge is 0.353 e. The quantitative estimate of drug-likeness (QED) is 0.410. The van der Waals surface area contributed by atoms with Crippen LogP contribution in [0.25, 0.3) is 0 Å². The number of rotatable bonds is 6. The Morgan fingerprint density at radius 1 is 1.11 bits per heavy atom. The highest BCUT2D eigenvalue weighted by molar-refractivity contribution is 5.94. The summed E-state index contributed by atoms with van der Waals surface area (Å²) in [5, 5.41) is 16.4. The molecule has 0 bridgehead atoms. The SMILES string of the molecule is CC(C)(C)c1ccc(C(=O)N[C@@H]2CCCN(c3cc(Nc4ccc(C5CNC5)cn4)c(=O)[nH]n3)C2)cc1. The second-order valence-electron chi connectivity index (χ2n) is 11.0. The van der Waals surface area contributed by atoms with Crippen molar-refractivity contribution in [3.8, 4) is 0 Å². The van der Waals surface area contributed by atoms with E-state index in [0.29, 0.717) is 35.3 Å². The summed E-state index contributed by atoms with van der Waals surface area (Å²) in [6, 6.07) is 13.5. The van der Waals surface area contributed by atoms with E-state index in [1.54, 1.807) is 6.07 Å². The first-order valence-corrected chi connectivity index (χ1v) is 13.0. The van der Waals surface area contributed by atoms with E-state index in [4.69, 9.17) is 0 Å². The van der Waals surface area contributed by atoms with Crippen LogP contribution in [0.5, 0.6) is 0 Å². The number of H-pyrrole nitrogens is 1. The van der Waals surface area contributed by atoms with E-state index in [2.05, 4.69) is 56.8 Å². The number of piperidine rings is 1. The van der Waals surface area contributed by atoms with Crippen molar-refractivity contribution in [1.82, 2.24) is 25.8 Å². The van der Waals surface area contributed by atoms with E-state index >= 15 is 0 Å². The van der Waals surface area contributed by atoms with Gasteiger partial charge >= 0.3 is 0 Å². The monoisotopic (exact) mass is 501 g/mol. The molecule has 4 N–H and O–H groups in total. The van der Waals surface area contributed by atoms with Gasteiger partial charge in [-0.05, 0) is 47.6 Å². The Hall–Kier alpha value is -3.72. The van der Waals surface area contributed by atoms with Gasteiger partial charge in [0.2, 0.25) is 0 Å². The normalized spacial score (nSPS) is 18.2. The van der Waals surface area contributed by atoms with Gasteiger partial charge in [-0.3, -0.25) is 9.59 Å². The third-order valence-electron chi connectivity index (χ3n) is 7.19. The summed E-state index contributed by atoms with van der Waals surface area (Å²) in [5.41, 5.74) is 3.18. The molecule has 2 aliphatic heterocycles. The van der Waals surface area contributed by atoms with E-state index in [0.717, 1.165) is 32.5 Å². The molecular weight excluding hydrogens is 466 g/mol. The standard InChI is InChI=1S/C28H35N7O2/c1-28(2,3)21-9-6-18(7-10-21)26(36)31-22-5-4-12-35(17-22)25-13-23(27(37)34-33-25)32-24-11-8-19(16-30-24)20-14-29-15-20/h6-11,13,16,20,22,29H,4-5,12,14-15,17H2,1-3H3,(H,31,36)(H,34,37)(H,30,32,33)/t22-/m1/s1. The molecule has 37 heavy (non-hydrogen) atoms. The van der Waals surface area contributed by atoms with Crippen LogP contribution in [0, 0.1) is 0 Å². The molecule has 2 saturated heterocycles. The number of hydrogen-bond acceptors (Lipinski definition) is 7. The second-order valence-corrected chi connectivity index (χ2v) is 11.0. The molecule has 0 aliphatic carbocycles. The number of carbonyl (C=O) groups excluding carboxylic acids is 1. The van der Waals surface area contributed by atoms with E-state index in [9.17, 15) is 9.59 Å². The molecule has 0 spiro atoms. The van der Waals surface area contributed by atoms with Crippen molar-refractivity contribution >= 4 is 23.2 Å². The van der Waals surface area contributed by atoms with Crippen molar-refractivity contribution in [3.05, 3.63) is 75.7 Å². The number of amides is 1. The van der Waals surface area contributed by atoms with Crippen LogP contribution in [-0.2, 0) is 5.41 Å². The summed E-state index contributed by atoms with van der Waals surface area (Å²) in [6.07, 6.45) is 3.67. The lowest BCUT2D eigenvalue weighted by molar-refractivity contribution is 0.0933. The summed E-state index contributed by atoms with van der Waals surface area (Å²) in [6.45, 7) is 9.84. The minimum absolute atomic E-state index is 0.0103. The number of nitrogens with one attached hydrogen (secondary N) is 4. The maximum atomic E-state index is 12.9. The predicted octanol–water partition coefficient (Wildman–Crippen LogP) is 3.29. The maximum absolute atomic E-state index is 12.9. The van der Waals surface area contributed by atoms with Gasteiger partial charge in [0.1, 0.15) is 11.5 Å². The Labute approximate surface area is 217 Å². The summed E-state index contributed by atoms with van der Waals surface area (Å²) in [5.74, 6) is 1.71. The van der Waals surface area contributed by atoms with Crippen molar-refractivity contribution in [2.24, 2.45) is 0 Å². The molecule has 0 unspecified atom stereocenters. The maximum Gasteiger partial charge on any atom is 0.288 e. The van der Waals surface area contributed by atoms with Crippen LogP contribution in [0.1, 0.15) is 61.0 Å². The third-order valence-corrected chi connectivity index (χ3v) is 7.19. The lowest BCUT2D eigenvalue weighted by atomic mass is 9.86. The molecule has 2 aromatic heterocycles. The fraction of sp³-hybridized carbons (Fsp3) is 0.429. The Morgan fingerprint density at radius 2 is 1.89 bits per heavy atom.